The molecule has 0 aromatic carbocycles. The zero-order valence-electron chi connectivity index (χ0n) is 22.0. The van der Waals surface area contributed by atoms with Crippen LogP contribution in [0, 0.1) is 40.4 Å². The summed E-state index contributed by atoms with van der Waals surface area (Å²) in [6, 6.07) is 3.91. The maximum Gasteiger partial charge on any atom is 0.0805 e. The van der Waals surface area contributed by atoms with Crippen molar-refractivity contribution in [1.29, 1.82) is 0 Å². The highest BCUT2D eigenvalue weighted by Crippen LogP contribution is 2.67. The number of hydrogen-bond acceptors (Lipinski definition) is 3. The SMILES string of the molecule is CC[C@]1(O)CC[C@@]2(C)C(=CC[C@H]3[C@@H]4CC[C@H](C(C)CCC(O)c5cccnc5)[C@@]4(C)CC[C@@H]32)C1. The fourth-order valence-corrected chi connectivity index (χ4v) is 9.35. The summed E-state index contributed by atoms with van der Waals surface area (Å²) in [6.45, 7) is 9.77. The van der Waals surface area contributed by atoms with E-state index in [1.807, 2.05) is 18.3 Å². The zero-order chi connectivity index (χ0) is 24.1. The largest absolute Gasteiger partial charge is 0.390 e. The Morgan fingerprint density at radius 2 is 1.91 bits per heavy atom. The molecular weight excluding hydrogens is 418 g/mol. The van der Waals surface area contributed by atoms with Gasteiger partial charge in [0.05, 0.1) is 11.7 Å². The predicted octanol–water partition coefficient (Wildman–Crippen LogP) is 7.25. The molecule has 4 aliphatic rings. The summed E-state index contributed by atoms with van der Waals surface area (Å²) in [6.07, 6.45) is 18.3. The lowest BCUT2D eigenvalue weighted by atomic mass is 9.46. The first-order chi connectivity index (χ1) is 16.2. The molecule has 0 amide bonds. The zero-order valence-corrected chi connectivity index (χ0v) is 22.0. The third-order valence-corrected chi connectivity index (χ3v) is 11.6. The van der Waals surface area contributed by atoms with E-state index in [0.717, 1.165) is 61.3 Å². The summed E-state index contributed by atoms with van der Waals surface area (Å²) >= 11 is 0. The van der Waals surface area contributed by atoms with E-state index in [2.05, 4.69) is 38.8 Å². The Bertz CT molecular complexity index is 898. The lowest BCUT2D eigenvalue weighted by Crippen LogP contribution is -2.52. The van der Waals surface area contributed by atoms with Crippen LogP contribution in [0.25, 0.3) is 0 Å². The van der Waals surface area contributed by atoms with Gasteiger partial charge in [0.25, 0.3) is 0 Å². The number of aliphatic hydroxyl groups is 2. The van der Waals surface area contributed by atoms with E-state index >= 15 is 0 Å². The number of aromatic nitrogens is 1. The molecule has 2 unspecified atom stereocenters. The first-order valence-corrected chi connectivity index (χ1v) is 14.2. The standard InChI is InChI=1S/C31H47NO2/c1-5-31(34)17-16-29(3)23(19-31)9-10-24-26-12-11-25(30(26,4)15-14-27(24)29)21(2)8-13-28(33)22-7-6-18-32-20-22/h6-7,9,18,20-21,24-28,33-34H,5,8,10-17,19H2,1-4H3/t21?,24-,25+,26-,27-,28?,29-,30+,31-/m0/s1. The second-order valence-corrected chi connectivity index (χ2v) is 13.1. The van der Waals surface area contributed by atoms with E-state index < -0.39 is 11.7 Å². The average Bonchev–Trinajstić information content (AvgIpc) is 3.20. The summed E-state index contributed by atoms with van der Waals surface area (Å²) in [5.41, 5.74) is 2.82. The molecule has 34 heavy (non-hydrogen) atoms. The summed E-state index contributed by atoms with van der Waals surface area (Å²) in [7, 11) is 0. The van der Waals surface area contributed by atoms with Crippen molar-refractivity contribution in [2.24, 2.45) is 40.4 Å². The highest BCUT2D eigenvalue weighted by Gasteiger charge is 2.59. The molecule has 3 nitrogen and oxygen atoms in total. The third kappa shape index (κ3) is 3.99. The van der Waals surface area contributed by atoms with Crippen LogP contribution in [-0.4, -0.2) is 20.8 Å². The Labute approximate surface area is 207 Å². The van der Waals surface area contributed by atoms with Gasteiger partial charge in [-0.05, 0) is 123 Å². The molecule has 0 radical (unpaired) electrons. The molecule has 188 valence electrons. The summed E-state index contributed by atoms with van der Waals surface area (Å²) < 4.78 is 0. The Morgan fingerprint density at radius 3 is 2.65 bits per heavy atom. The Morgan fingerprint density at radius 1 is 1.09 bits per heavy atom. The molecule has 4 aliphatic carbocycles. The maximum absolute atomic E-state index is 11.0. The van der Waals surface area contributed by atoms with Crippen LogP contribution < -0.4 is 0 Å². The van der Waals surface area contributed by atoms with Gasteiger partial charge in [0.1, 0.15) is 0 Å². The van der Waals surface area contributed by atoms with Gasteiger partial charge in [0, 0.05) is 12.4 Å². The van der Waals surface area contributed by atoms with E-state index in [-0.39, 0.29) is 0 Å². The third-order valence-electron chi connectivity index (χ3n) is 11.6. The van der Waals surface area contributed by atoms with Crippen molar-refractivity contribution in [3.63, 3.8) is 0 Å². The molecule has 5 rings (SSSR count). The van der Waals surface area contributed by atoms with Gasteiger partial charge in [0.15, 0.2) is 0 Å². The lowest BCUT2D eigenvalue weighted by molar-refractivity contribution is -0.0757. The van der Waals surface area contributed by atoms with Crippen LogP contribution in [0.15, 0.2) is 36.2 Å². The van der Waals surface area contributed by atoms with Crippen molar-refractivity contribution < 1.29 is 10.2 Å². The summed E-state index contributed by atoms with van der Waals surface area (Å²) in [5.74, 6) is 3.88. The summed E-state index contributed by atoms with van der Waals surface area (Å²) in [4.78, 5) is 4.18. The molecule has 0 bridgehead atoms. The van der Waals surface area contributed by atoms with Gasteiger partial charge in [0.2, 0.25) is 0 Å². The van der Waals surface area contributed by atoms with Crippen molar-refractivity contribution in [1.82, 2.24) is 4.98 Å². The van der Waals surface area contributed by atoms with Gasteiger partial charge in [-0.3, -0.25) is 4.98 Å². The second kappa shape index (κ2) is 9.04. The molecule has 0 saturated heterocycles. The van der Waals surface area contributed by atoms with Crippen LogP contribution in [0.5, 0.6) is 0 Å². The second-order valence-electron chi connectivity index (χ2n) is 13.1. The fraction of sp³-hybridized carbons (Fsp3) is 0.774. The number of pyridine rings is 1. The minimum Gasteiger partial charge on any atom is -0.390 e. The highest BCUT2D eigenvalue weighted by molar-refractivity contribution is 5.27. The quantitative estimate of drug-likeness (QED) is 0.435. The van der Waals surface area contributed by atoms with Crippen molar-refractivity contribution >= 4 is 0 Å². The molecule has 0 aliphatic heterocycles. The van der Waals surface area contributed by atoms with Crippen molar-refractivity contribution in [3.05, 3.63) is 41.7 Å². The molecule has 1 aromatic rings. The van der Waals surface area contributed by atoms with Gasteiger partial charge in [-0.25, -0.2) is 0 Å². The first-order valence-electron chi connectivity index (χ1n) is 14.2. The number of allylic oxidation sites excluding steroid dienone is 1. The van der Waals surface area contributed by atoms with Crippen LogP contribution >= 0.6 is 0 Å². The van der Waals surface area contributed by atoms with Crippen LogP contribution in [0.1, 0.15) is 110 Å². The Kier molecular flexibility index (Phi) is 6.51. The van der Waals surface area contributed by atoms with Crippen molar-refractivity contribution in [2.45, 2.75) is 110 Å². The van der Waals surface area contributed by atoms with Gasteiger partial charge < -0.3 is 10.2 Å². The molecule has 3 saturated carbocycles. The molecule has 1 aromatic heterocycles. The van der Waals surface area contributed by atoms with Crippen molar-refractivity contribution in [2.75, 3.05) is 0 Å². The van der Waals surface area contributed by atoms with E-state index in [1.165, 1.54) is 38.5 Å². The topological polar surface area (TPSA) is 53.4 Å². The lowest BCUT2D eigenvalue weighted by Gasteiger charge is -2.59. The van der Waals surface area contributed by atoms with Crippen LogP contribution in [0.2, 0.25) is 0 Å². The van der Waals surface area contributed by atoms with E-state index in [4.69, 9.17) is 0 Å². The van der Waals surface area contributed by atoms with Crippen LogP contribution in [0.4, 0.5) is 0 Å². The normalized spacial score (nSPS) is 43.3. The number of hydrogen-bond donors (Lipinski definition) is 2. The molecular formula is C31H47NO2. The van der Waals surface area contributed by atoms with Gasteiger partial charge in [-0.2, -0.15) is 0 Å². The van der Waals surface area contributed by atoms with Crippen molar-refractivity contribution in [3.8, 4) is 0 Å². The highest BCUT2D eigenvalue weighted by atomic mass is 16.3. The molecule has 9 atom stereocenters. The first kappa shape index (κ1) is 24.5. The molecule has 0 spiro atoms. The Balaban J connectivity index is 1.28. The van der Waals surface area contributed by atoms with E-state index in [0.29, 0.717) is 16.7 Å². The van der Waals surface area contributed by atoms with Crippen LogP contribution in [0.3, 0.4) is 0 Å². The van der Waals surface area contributed by atoms with Crippen LogP contribution in [-0.2, 0) is 0 Å². The van der Waals surface area contributed by atoms with Gasteiger partial charge >= 0.3 is 0 Å². The number of aliphatic hydroxyl groups excluding tert-OH is 1. The summed E-state index contributed by atoms with van der Waals surface area (Å²) in [5, 5.41) is 21.7. The van der Waals surface area contributed by atoms with E-state index in [1.54, 1.807) is 11.8 Å². The number of fused-ring (bicyclic) bond motifs is 5. The molecule has 3 heteroatoms. The predicted molar refractivity (Wildman–Crippen MR) is 138 cm³/mol. The van der Waals surface area contributed by atoms with Gasteiger partial charge in [-0.15, -0.1) is 0 Å². The smallest absolute Gasteiger partial charge is 0.0805 e. The fourth-order valence-electron chi connectivity index (χ4n) is 9.35. The molecule has 3 fully saturated rings. The minimum atomic E-state index is -0.463. The maximum atomic E-state index is 11.0. The monoisotopic (exact) mass is 465 g/mol. The number of rotatable bonds is 6. The Hall–Kier alpha value is -1.19. The minimum absolute atomic E-state index is 0.309. The van der Waals surface area contributed by atoms with Gasteiger partial charge in [-0.1, -0.05) is 45.4 Å². The number of nitrogens with zero attached hydrogens (tertiary/aromatic N) is 1. The molecule has 1 heterocycles. The average molecular weight is 466 g/mol. The molecule has 2 N–H and O–H groups in total. The van der Waals surface area contributed by atoms with E-state index in [9.17, 15) is 10.2 Å².